The van der Waals surface area contributed by atoms with Gasteiger partial charge in [-0.3, -0.25) is 4.79 Å². The first kappa shape index (κ1) is 21.4. The molecule has 0 spiro atoms. The third kappa shape index (κ3) is 4.54. The van der Waals surface area contributed by atoms with Gasteiger partial charge in [0.25, 0.3) is 0 Å². The summed E-state index contributed by atoms with van der Waals surface area (Å²) in [5.74, 6) is 0.450. The molecular formula is C24H24FN5O2S. The molecule has 1 saturated heterocycles. The van der Waals surface area contributed by atoms with Gasteiger partial charge in [0.15, 0.2) is 0 Å². The average Bonchev–Trinajstić information content (AvgIpc) is 3.43. The van der Waals surface area contributed by atoms with Crippen LogP contribution in [-0.4, -0.2) is 40.7 Å². The summed E-state index contributed by atoms with van der Waals surface area (Å²) in [4.78, 5) is 20.4. The summed E-state index contributed by atoms with van der Waals surface area (Å²) in [5.41, 5.74) is 2.56. The minimum absolute atomic E-state index is 0.0468. The third-order valence-electron chi connectivity index (χ3n) is 5.88. The number of hydrogen-bond acceptors (Lipinski definition) is 6. The predicted molar refractivity (Wildman–Crippen MR) is 126 cm³/mol. The third-order valence-corrected chi connectivity index (χ3v) is 6.86. The van der Waals surface area contributed by atoms with Gasteiger partial charge in [0, 0.05) is 30.8 Å². The van der Waals surface area contributed by atoms with Crippen LogP contribution in [0.2, 0.25) is 0 Å². The van der Waals surface area contributed by atoms with Gasteiger partial charge in [-0.05, 0) is 43.2 Å². The molecule has 0 saturated carbocycles. The van der Waals surface area contributed by atoms with Crippen molar-refractivity contribution < 1.29 is 13.9 Å². The standard InChI is InChI=1S/C24H24FN5O2S/c1-32-21-7-3-2-5-17(21)13-26-22(31)18-6-4-12-29(14-18)24-28-30-15-20(27-23(30)33-24)16-8-10-19(25)11-9-16/h2-3,5,7-11,15,18H,4,6,12-14H2,1H3,(H,26,31)/t18-/m0/s1. The van der Waals surface area contributed by atoms with E-state index in [-0.39, 0.29) is 17.6 Å². The molecule has 33 heavy (non-hydrogen) atoms. The molecule has 170 valence electrons. The summed E-state index contributed by atoms with van der Waals surface area (Å²) in [6.07, 6.45) is 3.63. The highest BCUT2D eigenvalue weighted by Crippen LogP contribution is 2.30. The van der Waals surface area contributed by atoms with Crippen LogP contribution in [0.3, 0.4) is 0 Å². The number of piperidine rings is 1. The maximum Gasteiger partial charge on any atom is 0.225 e. The molecule has 0 aliphatic carbocycles. The Kier molecular flexibility index (Phi) is 5.95. The Hall–Kier alpha value is -3.46. The minimum atomic E-state index is -0.272. The molecule has 1 aliphatic rings. The molecule has 1 amide bonds. The second kappa shape index (κ2) is 9.19. The van der Waals surface area contributed by atoms with Crippen LogP contribution in [0.4, 0.5) is 9.52 Å². The molecule has 1 aliphatic heterocycles. The Balaban J connectivity index is 1.25. The van der Waals surface area contributed by atoms with Crippen LogP contribution in [0, 0.1) is 11.7 Å². The van der Waals surface area contributed by atoms with E-state index in [9.17, 15) is 9.18 Å². The van der Waals surface area contributed by atoms with Gasteiger partial charge in [-0.25, -0.2) is 13.9 Å². The number of methoxy groups -OCH3 is 1. The van der Waals surface area contributed by atoms with Crippen LogP contribution in [-0.2, 0) is 11.3 Å². The monoisotopic (exact) mass is 465 g/mol. The van der Waals surface area contributed by atoms with E-state index in [1.54, 1.807) is 23.8 Å². The van der Waals surface area contributed by atoms with Crippen molar-refractivity contribution in [2.75, 3.05) is 25.1 Å². The Labute approximate surface area is 194 Å². The fraction of sp³-hybridized carbons (Fsp3) is 0.292. The number of aromatic nitrogens is 3. The highest BCUT2D eigenvalue weighted by Gasteiger charge is 2.28. The predicted octanol–water partition coefficient (Wildman–Crippen LogP) is 4.14. The lowest BCUT2D eigenvalue weighted by Gasteiger charge is -2.31. The van der Waals surface area contributed by atoms with E-state index >= 15 is 0 Å². The van der Waals surface area contributed by atoms with Crippen LogP contribution in [0.15, 0.2) is 54.7 Å². The zero-order valence-corrected chi connectivity index (χ0v) is 19.0. The van der Waals surface area contributed by atoms with E-state index in [0.717, 1.165) is 52.0 Å². The molecule has 2 aromatic carbocycles. The molecule has 2 aromatic heterocycles. The molecule has 3 heterocycles. The van der Waals surface area contributed by atoms with Crippen molar-refractivity contribution in [3.05, 3.63) is 66.1 Å². The van der Waals surface area contributed by atoms with Crippen LogP contribution >= 0.6 is 11.3 Å². The molecule has 1 N–H and O–H groups in total. The van der Waals surface area contributed by atoms with Crippen LogP contribution in [0.1, 0.15) is 18.4 Å². The molecule has 0 bridgehead atoms. The fourth-order valence-electron chi connectivity index (χ4n) is 4.12. The van der Waals surface area contributed by atoms with E-state index in [2.05, 4.69) is 20.3 Å². The number of imidazole rings is 1. The van der Waals surface area contributed by atoms with Crippen molar-refractivity contribution in [2.24, 2.45) is 5.92 Å². The van der Waals surface area contributed by atoms with Gasteiger partial charge in [-0.15, -0.1) is 5.10 Å². The second-order valence-electron chi connectivity index (χ2n) is 8.06. The molecule has 9 heteroatoms. The number of hydrogen-bond donors (Lipinski definition) is 1. The first-order valence-corrected chi connectivity index (χ1v) is 11.7. The van der Waals surface area contributed by atoms with Crippen LogP contribution in [0.5, 0.6) is 5.75 Å². The van der Waals surface area contributed by atoms with E-state index in [4.69, 9.17) is 4.74 Å². The number of amides is 1. The molecule has 0 unspecified atom stereocenters. The lowest BCUT2D eigenvalue weighted by atomic mass is 9.97. The lowest BCUT2D eigenvalue weighted by molar-refractivity contribution is -0.125. The van der Waals surface area contributed by atoms with E-state index in [0.29, 0.717) is 13.1 Å². The number of nitrogens with one attached hydrogen (secondary N) is 1. The summed E-state index contributed by atoms with van der Waals surface area (Å²) < 4.78 is 20.3. The molecule has 5 rings (SSSR count). The van der Waals surface area contributed by atoms with Crippen molar-refractivity contribution in [3.8, 4) is 17.0 Å². The summed E-state index contributed by atoms with van der Waals surface area (Å²) in [7, 11) is 1.63. The van der Waals surface area contributed by atoms with Gasteiger partial charge < -0.3 is 15.0 Å². The van der Waals surface area contributed by atoms with E-state index in [1.165, 1.54) is 23.5 Å². The number of benzene rings is 2. The van der Waals surface area contributed by atoms with Gasteiger partial charge in [0.05, 0.1) is 24.9 Å². The van der Waals surface area contributed by atoms with E-state index in [1.807, 2.05) is 30.5 Å². The maximum atomic E-state index is 13.2. The van der Waals surface area contributed by atoms with Gasteiger partial charge in [-0.1, -0.05) is 29.5 Å². The van der Waals surface area contributed by atoms with Gasteiger partial charge in [-0.2, -0.15) is 0 Å². The summed E-state index contributed by atoms with van der Waals surface area (Å²) in [6, 6.07) is 14.0. The van der Waals surface area contributed by atoms with Crippen LogP contribution < -0.4 is 15.0 Å². The fourth-order valence-corrected chi connectivity index (χ4v) is 5.04. The lowest BCUT2D eigenvalue weighted by Crippen LogP contribution is -2.43. The number of carbonyl (C=O) groups excluding carboxylic acids is 1. The quantitative estimate of drug-likeness (QED) is 0.464. The van der Waals surface area contributed by atoms with Gasteiger partial charge in [0.1, 0.15) is 11.6 Å². The first-order chi connectivity index (χ1) is 16.1. The van der Waals surface area contributed by atoms with Crippen molar-refractivity contribution >= 4 is 27.3 Å². The molecule has 0 radical (unpaired) electrons. The van der Waals surface area contributed by atoms with Crippen molar-refractivity contribution in [3.63, 3.8) is 0 Å². The van der Waals surface area contributed by atoms with Gasteiger partial charge >= 0.3 is 0 Å². The number of para-hydroxylation sites is 1. The number of nitrogens with zero attached hydrogens (tertiary/aromatic N) is 4. The molecule has 4 aromatic rings. The van der Waals surface area contributed by atoms with Gasteiger partial charge in [0.2, 0.25) is 16.0 Å². The zero-order valence-electron chi connectivity index (χ0n) is 18.2. The molecule has 1 atom stereocenters. The Bertz CT molecular complexity index is 1240. The van der Waals surface area contributed by atoms with Crippen molar-refractivity contribution in [2.45, 2.75) is 19.4 Å². The number of fused-ring (bicyclic) bond motifs is 1. The summed E-state index contributed by atoms with van der Waals surface area (Å²) in [6.45, 7) is 1.92. The Morgan fingerprint density at radius 1 is 1.24 bits per heavy atom. The summed E-state index contributed by atoms with van der Waals surface area (Å²) >= 11 is 1.50. The highest BCUT2D eigenvalue weighted by molar-refractivity contribution is 7.20. The minimum Gasteiger partial charge on any atom is -0.496 e. The topological polar surface area (TPSA) is 71.8 Å². The molecule has 7 nitrogen and oxygen atoms in total. The number of halogens is 1. The SMILES string of the molecule is COc1ccccc1CNC(=O)[C@H]1CCCN(c2nn3cc(-c4ccc(F)cc4)nc3s2)C1. The smallest absolute Gasteiger partial charge is 0.225 e. The van der Waals surface area contributed by atoms with Crippen molar-refractivity contribution in [1.29, 1.82) is 0 Å². The van der Waals surface area contributed by atoms with Crippen LogP contribution in [0.25, 0.3) is 16.2 Å². The molecule has 1 fully saturated rings. The second-order valence-corrected chi connectivity index (χ2v) is 8.99. The number of rotatable bonds is 6. The average molecular weight is 466 g/mol. The van der Waals surface area contributed by atoms with E-state index < -0.39 is 0 Å². The number of carbonyl (C=O) groups is 1. The number of anilines is 1. The Morgan fingerprint density at radius 3 is 2.85 bits per heavy atom. The maximum absolute atomic E-state index is 13.2. The zero-order chi connectivity index (χ0) is 22.8. The first-order valence-electron chi connectivity index (χ1n) is 10.9. The number of ether oxygens (including phenoxy) is 1. The van der Waals surface area contributed by atoms with Crippen molar-refractivity contribution in [1.82, 2.24) is 19.9 Å². The molecular weight excluding hydrogens is 441 g/mol. The summed E-state index contributed by atoms with van der Waals surface area (Å²) in [5, 5.41) is 8.60. The highest BCUT2D eigenvalue weighted by atomic mass is 32.1. The normalized spacial score (nSPS) is 16.2. The Morgan fingerprint density at radius 2 is 2.06 bits per heavy atom. The largest absolute Gasteiger partial charge is 0.496 e.